The first-order valence-electron chi connectivity index (χ1n) is 4.94. The molecule has 0 bridgehead atoms. The van der Waals surface area contributed by atoms with Gasteiger partial charge in [0.25, 0.3) is 0 Å². The summed E-state index contributed by atoms with van der Waals surface area (Å²) >= 11 is 0. The zero-order chi connectivity index (χ0) is 8.27. The Morgan fingerprint density at radius 3 is 2.55 bits per heavy atom. The van der Waals surface area contributed by atoms with E-state index in [0.29, 0.717) is 0 Å². The van der Waals surface area contributed by atoms with Gasteiger partial charge < -0.3 is 0 Å². The Morgan fingerprint density at radius 1 is 1.45 bits per heavy atom. The van der Waals surface area contributed by atoms with Crippen molar-refractivity contribution >= 4 is 0 Å². The molecule has 1 aliphatic rings. The van der Waals surface area contributed by atoms with Crippen molar-refractivity contribution in [3.05, 3.63) is 11.6 Å². The van der Waals surface area contributed by atoms with Gasteiger partial charge in [-0.2, -0.15) is 0 Å². The quantitative estimate of drug-likeness (QED) is 0.526. The van der Waals surface area contributed by atoms with Gasteiger partial charge in [-0.3, -0.25) is 0 Å². The summed E-state index contributed by atoms with van der Waals surface area (Å²) in [5.41, 5.74) is 1.70. The normalized spacial score (nSPS) is 24.6. The van der Waals surface area contributed by atoms with Crippen LogP contribution in [-0.2, 0) is 0 Å². The van der Waals surface area contributed by atoms with Crippen LogP contribution in [-0.4, -0.2) is 0 Å². The average Bonchev–Trinajstić information content (AvgIpc) is 2.63. The van der Waals surface area contributed by atoms with E-state index in [-0.39, 0.29) is 0 Å². The highest BCUT2D eigenvalue weighted by Gasteiger charge is 2.18. The first-order chi connectivity index (χ1) is 5.24. The van der Waals surface area contributed by atoms with Crippen LogP contribution in [0.15, 0.2) is 11.6 Å². The van der Waals surface area contributed by atoms with Gasteiger partial charge in [-0.25, -0.2) is 0 Å². The molecule has 1 aliphatic carbocycles. The van der Waals surface area contributed by atoms with Gasteiger partial charge in [-0.15, -0.1) is 0 Å². The first kappa shape index (κ1) is 8.83. The topological polar surface area (TPSA) is 0 Å². The molecule has 0 saturated carbocycles. The summed E-state index contributed by atoms with van der Waals surface area (Å²) in [4.78, 5) is 0. The summed E-state index contributed by atoms with van der Waals surface area (Å²) < 4.78 is 0. The molecule has 11 heavy (non-hydrogen) atoms. The molecular formula is C11H20. The van der Waals surface area contributed by atoms with Crippen molar-refractivity contribution in [1.29, 1.82) is 0 Å². The molecule has 0 aromatic heterocycles. The van der Waals surface area contributed by atoms with Crippen molar-refractivity contribution in [2.24, 2.45) is 11.8 Å². The van der Waals surface area contributed by atoms with Gasteiger partial charge >= 0.3 is 0 Å². The maximum absolute atomic E-state index is 2.39. The van der Waals surface area contributed by atoms with E-state index in [9.17, 15) is 0 Å². The predicted molar refractivity (Wildman–Crippen MR) is 50.6 cm³/mol. The third-order valence-corrected chi connectivity index (χ3v) is 2.65. The molecule has 0 fully saturated rings. The number of hydrogen-bond donors (Lipinski definition) is 0. The van der Waals surface area contributed by atoms with Crippen molar-refractivity contribution in [2.75, 3.05) is 0 Å². The van der Waals surface area contributed by atoms with Crippen LogP contribution in [0.4, 0.5) is 0 Å². The molecule has 2 unspecified atom stereocenters. The summed E-state index contributed by atoms with van der Waals surface area (Å²) in [7, 11) is 0. The van der Waals surface area contributed by atoms with Crippen LogP contribution in [0, 0.1) is 11.8 Å². The van der Waals surface area contributed by atoms with Crippen molar-refractivity contribution < 1.29 is 0 Å². The minimum atomic E-state index is 0.851. The molecule has 0 N–H and O–H groups in total. The van der Waals surface area contributed by atoms with Crippen LogP contribution in [0.3, 0.4) is 0 Å². The van der Waals surface area contributed by atoms with Gasteiger partial charge in [-0.1, -0.05) is 45.3 Å². The van der Waals surface area contributed by atoms with E-state index in [0.717, 1.165) is 11.8 Å². The standard InChI is InChI=1S/C11H20/c1-4-5-9(2)6-7-11-8-10(11)3/h8-10H,4-7H2,1-3H3. The van der Waals surface area contributed by atoms with E-state index < -0.39 is 0 Å². The summed E-state index contributed by atoms with van der Waals surface area (Å²) in [5, 5.41) is 0. The van der Waals surface area contributed by atoms with Crippen LogP contribution in [0.1, 0.15) is 46.5 Å². The molecule has 0 aromatic carbocycles. The fourth-order valence-corrected chi connectivity index (χ4v) is 1.63. The van der Waals surface area contributed by atoms with Gasteiger partial charge in [-0.05, 0) is 24.7 Å². The highest BCUT2D eigenvalue weighted by atomic mass is 14.2. The lowest BCUT2D eigenvalue weighted by Gasteiger charge is -2.07. The van der Waals surface area contributed by atoms with Gasteiger partial charge in [0.15, 0.2) is 0 Å². The van der Waals surface area contributed by atoms with Crippen LogP contribution >= 0.6 is 0 Å². The molecular weight excluding hydrogens is 132 g/mol. The fourth-order valence-electron chi connectivity index (χ4n) is 1.63. The van der Waals surface area contributed by atoms with E-state index in [4.69, 9.17) is 0 Å². The summed E-state index contributed by atoms with van der Waals surface area (Å²) in [6, 6.07) is 0. The SMILES string of the molecule is CCCC(C)CCC1=CC1C. The zero-order valence-electron chi connectivity index (χ0n) is 8.06. The van der Waals surface area contributed by atoms with Gasteiger partial charge in [0.1, 0.15) is 0 Å². The van der Waals surface area contributed by atoms with Gasteiger partial charge in [0, 0.05) is 0 Å². The second kappa shape index (κ2) is 3.94. The monoisotopic (exact) mass is 152 g/mol. The predicted octanol–water partition coefficient (Wildman–Crippen LogP) is 3.78. The van der Waals surface area contributed by atoms with Crippen LogP contribution in [0.2, 0.25) is 0 Å². The highest BCUT2D eigenvalue weighted by molar-refractivity contribution is 5.27. The lowest BCUT2D eigenvalue weighted by molar-refractivity contribution is 0.485. The molecule has 0 aliphatic heterocycles. The van der Waals surface area contributed by atoms with Crippen LogP contribution in [0.5, 0.6) is 0 Å². The Bertz CT molecular complexity index is 144. The van der Waals surface area contributed by atoms with Gasteiger partial charge in [0.2, 0.25) is 0 Å². The smallest absolute Gasteiger partial charge is 0.00486 e. The largest absolute Gasteiger partial charge is 0.0778 e. The lowest BCUT2D eigenvalue weighted by atomic mass is 9.99. The van der Waals surface area contributed by atoms with Crippen LogP contribution < -0.4 is 0 Å². The third-order valence-electron chi connectivity index (χ3n) is 2.65. The van der Waals surface area contributed by atoms with E-state index >= 15 is 0 Å². The number of allylic oxidation sites excluding steroid dienone is 2. The molecule has 0 spiro atoms. The van der Waals surface area contributed by atoms with Crippen molar-refractivity contribution in [1.82, 2.24) is 0 Å². The third kappa shape index (κ3) is 3.09. The molecule has 1 rings (SSSR count). The lowest BCUT2D eigenvalue weighted by Crippen LogP contribution is -1.93. The maximum atomic E-state index is 2.39. The molecule has 2 atom stereocenters. The maximum Gasteiger partial charge on any atom is -0.00486 e. The fraction of sp³-hybridized carbons (Fsp3) is 0.818. The average molecular weight is 152 g/mol. The summed E-state index contributed by atoms with van der Waals surface area (Å²) in [5.74, 6) is 1.79. The molecule has 0 saturated heterocycles. The second-order valence-electron chi connectivity index (χ2n) is 3.96. The highest BCUT2D eigenvalue weighted by Crippen LogP contribution is 2.33. The number of rotatable bonds is 5. The van der Waals surface area contributed by atoms with E-state index in [1.54, 1.807) is 5.57 Å². The summed E-state index contributed by atoms with van der Waals surface area (Å²) in [6.07, 6.45) is 7.91. The van der Waals surface area contributed by atoms with E-state index in [1.165, 1.54) is 25.7 Å². The van der Waals surface area contributed by atoms with Crippen LogP contribution in [0.25, 0.3) is 0 Å². The Hall–Kier alpha value is -0.260. The molecule has 0 heterocycles. The number of hydrogen-bond acceptors (Lipinski definition) is 0. The minimum Gasteiger partial charge on any atom is -0.0778 e. The summed E-state index contributed by atoms with van der Waals surface area (Å²) in [6.45, 7) is 6.94. The molecule has 0 aromatic rings. The Morgan fingerprint density at radius 2 is 2.09 bits per heavy atom. The Balaban J connectivity index is 1.98. The van der Waals surface area contributed by atoms with Gasteiger partial charge in [0.05, 0.1) is 0 Å². The van der Waals surface area contributed by atoms with E-state index in [1.807, 2.05) is 0 Å². The minimum absolute atomic E-state index is 0.851. The first-order valence-corrected chi connectivity index (χ1v) is 4.94. The second-order valence-corrected chi connectivity index (χ2v) is 3.96. The van der Waals surface area contributed by atoms with Crippen molar-refractivity contribution in [2.45, 2.75) is 46.5 Å². The molecule has 0 nitrogen and oxygen atoms in total. The Kier molecular flexibility index (Phi) is 3.16. The van der Waals surface area contributed by atoms with E-state index in [2.05, 4.69) is 26.8 Å². The Labute approximate surface area is 70.7 Å². The molecule has 0 radical (unpaired) electrons. The zero-order valence-corrected chi connectivity index (χ0v) is 8.06. The van der Waals surface area contributed by atoms with Crippen molar-refractivity contribution in [3.63, 3.8) is 0 Å². The van der Waals surface area contributed by atoms with Crippen molar-refractivity contribution in [3.8, 4) is 0 Å². The molecule has 0 amide bonds. The molecule has 64 valence electrons. The molecule has 0 heteroatoms.